The van der Waals surface area contributed by atoms with Crippen molar-refractivity contribution in [1.82, 2.24) is 10.3 Å². The van der Waals surface area contributed by atoms with Crippen LogP contribution in [0, 0.1) is 17.2 Å². The molecule has 0 spiro atoms. The van der Waals surface area contributed by atoms with Crippen molar-refractivity contribution in [2.45, 2.75) is 30.3 Å². The van der Waals surface area contributed by atoms with Crippen LogP contribution in [0.2, 0.25) is 0 Å². The third kappa shape index (κ3) is 5.58. The molecule has 5 rings (SSSR count). The first-order chi connectivity index (χ1) is 18.5. The molecule has 1 aliphatic carbocycles. The highest BCUT2D eigenvalue weighted by Gasteiger charge is 2.33. The number of pyridine rings is 1. The van der Waals surface area contributed by atoms with E-state index in [0.29, 0.717) is 28.4 Å². The summed E-state index contributed by atoms with van der Waals surface area (Å²) in [7, 11) is -3.99. The molecular formula is C30H26N4O3S. The molecule has 1 fully saturated rings. The Kier molecular flexibility index (Phi) is 7.20. The molecule has 1 atom stereocenters. The number of amides is 1. The Morgan fingerprint density at radius 2 is 1.63 bits per heavy atom. The molecule has 0 aliphatic heterocycles. The number of hydrogen-bond donors (Lipinski definition) is 1. The zero-order valence-electron chi connectivity index (χ0n) is 20.6. The van der Waals surface area contributed by atoms with E-state index in [2.05, 4.69) is 10.3 Å². The van der Waals surface area contributed by atoms with Gasteiger partial charge in [-0.15, -0.1) is 0 Å². The number of anilines is 1. The summed E-state index contributed by atoms with van der Waals surface area (Å²) in [6, 6.07) is 29.5. The van der Waals surface area contributed by atoms with Crippen LogP contribution >= 0.6 is 0 Å². The summed E-state index contributed by atoms with van der Waals surface area (Å²) in [4.78, 5) is 17.5. The van der Waals surface area contributed by atoms with Gasteiger partial charge in [0, 0.05) is 11.8 Å². The molecule has 1 N–H and O–H groups in total. The van der Waals surface area contributed by atoms with Crippen molar-refractivity contribution in [1.29, 1.82) is 5.26 Å². The normalized spacial score (nSPS) is 13.8. The van der Waals surface area contributed by atoms with Gasteiger partial charge in [0.2, 0.25) is 0 Å². The highest BCUT2D eigenvalue weighted by molar-refractivity contribution is 7.92. The third-order valence-electron chi connectivity index (χ3n) is 6.56. The summed E-state index contributed by atoms with van der Waals surface area (Å²) in [5.74, 6) is 0.218. The van der Waals surface area contributed by atoms with Gasteiger partial charge in [-0.25, -0.2) is 8.42 Å². The van der Waals surface area contributed by atoms with Crippen LogP contribution in [0.15, 0.2) is 108 Å². The lowest BCUT2D eigenvalue weighted by Gasteiger charge is -2.25. The van der Waals surface area contributed by atoms with Gasteiger partial charge in [-0.05, 0) is 85.0 Å². The summed E-state index contributed by atoms with van der Waals surface area (Å²) in [6.07, 6.45) is 3.77. The van der Waals surface area contributed by atoms with E-state index in [9.17, 15) is 13.2 Å². The maximum atomic E-state index is 13.7. The van der Waals surface area contributed by atoms with E-state index in [-0.39, 0.29) is 23.4 Å². The van der Waals surface area contributed by atoms with Crippen LogP contribution in [0.1, 0.15) is 46.1 Å². The van der Waals surface area contributed by atoms with Crippen molar-refractivity contribution in [3.63, 3.8) is 0 Å². The molecule has 1 amide bonds. The van der Waals surface area contributed by atoms with Gasteiger partial charge < -0.3 is 5.32 Å². The van der Waals surface area contributed by atoms with E-state index in [4.69, 9.17) is 5.26 Å². The van der Waals surface area contributed by atoms with Crippen molar-refractivity contribution in [3.05, 3.63) is 126 Å². The number of carbonyl (C=O) groups excluding carboxylic acids is 1. The Balaban J connectivity index is 1.42. The first-order valence-corrected chi connectivity index (χ1v) is 13.8. The average Bonchev–Trinajstić information content (AvgIpc) is 3.81. The van der Waals surface area contributed by atoms with Crippen molar-refractivity contribution in [2.75, 3.05) is 4.31 Å². The standard InChI is InChI=1S/C30H26N4O3S/c31-20-22-9-17-28(18-10-22)38(36,37)34(21-26-8-4-5-19-32-26)27-15-13-25(14-16-27)30(35)33-29(24-11-12-24)23-6-2-1-3-7-23/h1-10,13-19,24,29H,11-12,21H2,(H,33,35). The second-order valence-electron chi connectivity index (χ2n) is 9.22. The van der Waals surface area contributed by atoms with Gasteiger partial charge >= 0.3 is 0 Å². The largest absolute Gasteiger partial charge is 0.345 e. The predicted octanol–water partition coefficient (Wildman–Crippen LogP) is 5.23. The lowest BCUT2D eigenvalue weighted by atomic mass is 10.0. The number of carbonyl (C=O) groups is 1. The molecule has 1 heterocycles. The van der Waals surface area contributed by atoms with Crippen LogP contribution < -0.4 is 9.62 Å². The molecule has 1 saturated carbocycles. The van der Waals surface area contributed by atoms with Gasteiger partial charge in [-0.1, -0.05) is 36.4 Å². The zero-order valence-corrected chi connectivity index (χ0v) is 21.4. The molecule has 190 valence electrons. The van der Waals surface area contributed by atoms with Crippen molar-refractivity contribution in [3.8, 4) is 6.07 Å². The van der Waals surface area contributed by atoms with Gasteiger partial charge in [-0.2, -0.15) is 5.26 Å². The fraction of sp³-hybridized carbons (Fsp3) is 0.167. The Hall–Kier alpha value is -4.48. The van der Waals surface area contributed by atoms with Crippen LogP contribution in [-0.4, -0.2) is 19.3 Å². The van der Waals surface area contributed by atoms with Gasteiger partial charge in [0.15, 0.2) is 0 Å². The predicted molar refractivity (Wildman–Crippen MR) is 145 cm³/mol. The first-order valence-electron chi connectivity index (χ1n) is 12.3. The second kappa shape index (κ2) is 10.9. The summed E-state index contributed by atoms with van der Waals surface area (Å²) in [6.45, 7) is 0.00643. The van der Waals surface area contributed by atoms with Crippen LogP contribution in [0.5, 0.6) is 0 Å². The zero-order chi connectivity index (χ0) is 26.5. The number of sulfonamides is 1. The molecule has 8 heteroatoms. The van der Waals surface area contributed by atoms with Gasteiger partial charge in [0.25, 0.3) is 15.9 Å². The van der Waals surface area contributed by atoms with Crippen molar-refractivity contribution >= 4 is 21.6 Å². The minimum Gasteiger partial charge on any atom is -0.345 e. The SMILES string of the molecule is N#Cc1ccc(S(=O)(=O)N(Cc2ccccn2)c2ccc(C(=O)NC(c3ccccc3)C3CC3)cc2)cc1. The van der Waals surface area contributed by atoms with Crippen LogP contribution in [0.25, 0.3) is 0 Å². The van der Waals surface area contributed by atoms with Gasteiger partial charge in [-0.3, -0.25) is 14.1 Å². The van der Waals surface area contributed by atoms with E-state index >= 15 is 0 Å². The lowest BCUT2D eigenvalue weighted by Crippen LogP contribution is -2.31. The second-order valence-corrected chi connectivity index (χ2v) is 11.1. The smallest absolute Gasteiger partial charge is 0.264 e. The number of hydrogen-bond acceptors (Lipinski definition) is 5. The molecule has 3 aromatic carbocycles. The van der Waals surface area contributed by atoms with Crippen LogP contribution in [0.4, 0.5) is 5.69 Å². The minimum absolute atomic E-state index is 0.00643. The minimum atomic E-state index is -3.99. The maximum absolute atomic E-state index is 13.7. The molecule has 0 saturated heterocycles. The van der Waals surface area contributed by atoms with E-state index in [1.54, 1.807) is 48.7 Å². The third-order valence-corrected chi connectivity index (χ3v) is 8.35. The fourth-order valence-corrected chi connectivity index (χ4v) is 5.79. The number of nitrogens with zero attached hydrogens (tertiary/aromatic N) is 3. The molecule has 38 heavy (non-hydrogen) atoms. The van der Waals surface area contributed by atoms with Crippen molar-refractivity contribution in [2.24, 2.45) is 5.92 Å². The summed E-state index contributed by atoms with van der Waals surface area (Å²) < 4.78 is 28.6. The maximum Gasteiger partial charge on any atom is 0.264 e. The highest BCUT2D eigenvalue weighted by Crippen LogP contribution is 2.41. The fourth-order valence-electron chi connectivity index (χ4n) is 4.35. The lowest BCUT2D eigenvalue weighted by molar-refractivity contribution is 0.0931. The molecular weight excluding hydrogens is 496 g/mol. The van der Waals surface area contributed by atoms with E-state index < -0.39 is 10.0 Å². The molecule has 1 aliphatic rings. The van der Waals surface area contributed by atoms with E-state index in [1.807, 2.05) is 36.4 Å². The molecule has 4 aromatic rings. The summed E-state index contributed by atoms with van der Waals surface area (Å²) in [5.41, 5.74) is 2.87. The quantitative estimate of drug-likeness (QED) is 0.324. The van der Waals surface area contributed by atoms with E-state index in [1.165, 1.54) is 28.6 Å². The monoisotopic (exact) mass is 522 g/mol. The molecule has 0 radical (unpaired) electrons. The number of benzene rings is 3. The number of rotatable bonds is 9. The molecule has 7 nitrogen and oxygen atoms in total. The van der Waals surface area contributed by atoms with Crippen LogP contribution in [0.3, 0.4) is 0 Å². The molecule has 0 bridgehead atoms. The molecule has 1 aromatic heterocycles. The topological polar surface area (TPSA) is 103 Å². The average molecular weight is 523 g/mol. The van der Waals surface area contributed by atoms with E-state index in [0.717, 1.165) is 18.4 Å². The number of nitriles is 1. The number of nitrogens with one attached hydrogen (secondary N) is 1. The first kappa shape index (κ1) is 25.2. The Bertz CT molecular complexity index is 1550. The number of aromatic nitrogens is 1. The summed E-state index contributed by atoms with van der Waals surface area (Å²) >= 11 is 0. The Morgan fingerprint density at radius 3 is 2.24 bits per heavy atom. The van der Waals surface area contributed by atoms with Crippen LogP contribution in [-0.2, 0) is 16.6 Å². The molecule has 1 unspecified atom stereocenters. The van der Waals surface area contributed by atoms with Crippen molar-refractivity contribution < 1.29 is 13.2 Å². The van der Waals surface area contributed by atoms with Gasteiger partial charge in [0.05, 0.1) is 40.5 Å². The highest BCUT2D eigenvalue weighted by atomic mass is 32.2. The van der Waals surface area contributed by atoms with Gasteiger partial charge in [0.1, 0.15) is 0 Å². The Labute approximate surface area is 222 Å². The Morgan fingerprint density at radius 1 is 0.947 bits per heavy atom. The summed E-state index contributed by atoms with van der Waals surface area (Å²) in [5, 5.41) is 12.2.